The smallest absolute Gasteiger partial charge is 0.119 e. The van der Waals surface area contributed by atoms with E-state index < -0.39 is 13.3 Å². The van der Waals surface area contributed by atoms with Gasteiger partial charge in [0.15, 0.2) is 0 Å². The minimum absolute atomic E-state index is 0. The summed E-state index contributed by atoms with van der Waals surface area (Å²) in [5.41, 5.74) is 10.2. The molecule has 7 rings (SSSR count). The fourth-order valence-corrected chi connectivity index (χ4v) is 9.55. The average Bonchev–Trinajstić information content (AvgIpc) is 3.61. The van der Waals surface area contributed by atoms with E-state index >= 15 is 0 Å². The number of aromatic nitrogens is 4. The third-order valence-electron chi connectivity index (χ3n) is 8.27. The molecular formula is C40H42GeIrN4O-2. The second-order valence-corrected chi connectivity index (χ2v) is 24.3. The molecule has 4 aromatic heterocycles. The summed E-state index contributed by atoms with van der Waals surface area (Å²) in [6, 6.07) is 31.5. The van der Waals surface area contributed by atoms with Gasteiger partial charge < -0.3 is 8.98 Å². The number of furan rings is 1. The number of para-hydroxylation sites is 2. The molecule has 5 nitrogen and oxygen atoms in total. The first-order valence-electron chi connectivity index (χ1n) is 16.1. The van der Waals surface area contributed by atoms with Crippen molar-refractivity contribution in [1.82, 2.24) is 19.5 Å². The Morgan fingerprint density at radius 1 is 0.894 bits per heavy atom. The van der Waals surface area contributed by atoms with Crippen LogP contribution in [0.1, 0.15) is 44.9 Å². The molecule has 0 saturated heterocycles. The van der Waals surface area contributed by atoms with Crippen molar-refractivity contribution >= 4 is 50.8 Å². The van der Waals surface area contributed by atoms with Gasteiger partial charge in [-0.15, -0.1) is 11.6 Å². The number of hydrogen-bond acceptors (Lipinski definition) is 4. The Balaban J connectivity index is 0.000000188. The van der Waals surface area contributed by atoms with Crippen LogP contribution in [0.15, 0.2) is 89.6 Å². The topological polar surface area (TPSA) is 56.7 Å². The van der Waals surface area contributed by atoms with Crippen LogP contribution in [0.25, 0.3) is 55.7 Å². The Bertz CT molecular complexity index is 2140. The van der Waals surface area contributed by atoms with Gasteiger partial charge in [0.2, 0.25) is 0 Å². The fourth-order valence-electron chi connectivity index (χ4n) is 6.21. The van der Waals surface area contributed by atoms with E-state index in [-0.39, 0.29) is 26.1 Å². The molecule has 0 atom stereocenters. The van der Waals surface area contributed by atoms with Crippen molar-refractivity contribution in [3.8, 4) is 22.6 Å². The summed E-state index contributed by atoms with van der Waals surface area (Å²) < 4.78 is 9.98. The normalized spacial score (nSPS) is 11.7. The first kappa shape index (κ1) is 34.7. The molecule has 47 heavy (non-hydrogen) atoms. The van der Waals surface area contributed by atoms with Gasteiger partial charge in [-0.1, -0.05) is 24.3 Å². The van der Waals surface area contributed by atoms with E-state index in [1.54, 1.807) is 10.6 Å². The molecular weight excluding hydrogens is 817 g/mol. The zero-order valence-corrected chi connectivity index (χ0v) is 33.0. The Morgan fingerprint density at radius 3 is 2.36 bits per heavy atom. The molecule has 0 unspecified atom stereocenters. The van der Waals surface area contributed by atoms with Gasteiger partial charge in [-0.3, -0.25) is 9.97 Å². The fraction of sp³-hybridized carbons (Fsp3) is 0.275. The molecule has 0 aliphatic carbocycles. The van der Waals surface area contributed by atoms with E-state index in [2.05, 4.69) is 104 Å². The van der Waals surface area contributed by atoms with Crippen LogP contribution in [0.5, 0.6) is 0 Å². The summed E-state index contributed by atoms with van der Waals surface area (Å²) >= 11 is -1.86. The number of pyridine rings is 2. The number of imidazole rings is 1. The molecule has 0 fully saturated rings. The second kappa shape index (κ2) is 14.3. The molecule has 0 saturated carbocycles. The first-order valence-corrected chi connectivity index (χ1v) is 23.5. The average molecular weight is 860 g/mol. The SMILES string of the molecule is CC(C)Cc1cc(-c2[c-]cccc2)nc[c]1[Ge]([CH3])([CH3])[CH3].Cc1cccc2oc3c(-c4nc5ccccc5n4C(C)C)[c-]cnc3c12.[Ir]. The van der Waals surface area contributed by atoms with Crippen LogP contribution in [-0.2, 0) is 26.5 Å². The van der Waals surface area contributed by atoms with Crippen LogP contribution in [0, 0.1) is 25.0 Å². The Kier molecular flexibility index (Phi) is 10.5. The number of aryl methyl sites for hydroxylation is 1. The van der Waals surface area contributed by atoms with E-state index in [1.165, 1.54) is 5.56 Å². The molecule has 7 heteroatoms. The Labute approximate surface area is 294 Å². The van der Waals surface area contributed by atoms with E-state index in [0.29, 0.717) is 5.92 Å². The number of benzene rings is 3. The molecule has 0 bridgehead atoms. The molecule has 0 aliphatic rings. The van der Waals surface area contributed by atoms with E-state index in [0.717, 1.165) is 67.7 Å². The van der Waals surface area contributed by atoms with Gasteiger partial charge in [0, 0.05) is 37.4 Å². The van der Waals surface area contributed by atoms with E-state index in [4.69, 9.17) is 14.4 Å². The van der Waals surface area contributed by atoms with Gasteiger partial charge in [-0.25, -0.2) is 0 Å². The van der Waals surface area contributed by atoms with Gasteiger partial charge in [-0.2, -0.15) is 0 Å². The third-order valence-corrected chi connectivity index (χ3v) is 12.6. The summed E-state index contributed by atoms with van der Waals surface area (Å²) in [7, 11) is 0. The van der Waals surface area contributed by atoms with Crippen LogP contribution in [0.4, 0.5) is 0 Å². The number of hydrogen-bond donors (Lipinski definition) is 0. The predicted molar refractivity (Wildman–Crippen MR) is 194 cm³/mol. The maximum atomic E-state index is 6.20. The minimum atomic E-state index is -1.86. The number of nitrogens with zero attached hydrogens (tertiary/aromatic N) is 4. The maximum Gasteiger partial charge on any atom is 0.119 e. The van der Waals surface area contributed by atoms with E-state index in [9.17, 15) is 0 Å². The number of fused-ring (bicyclic) bond motifs is 4. The maximum absolute atomic E-state index is 6.20. The predicted octanol–water partition coefficient (Wildman–Crippen LogP) is 9.98. The Hall–Kier alpha value is -3.58. The van der Waals surface area contributed by atoms with Crippen LogP contribution < -0.4 is 4.40 Å². The largest absolute Gasteiger partial charge is 0.513 e. The number of rotatable bonds is 6. The van der Waals surface area contributed by atoms with Gasteiger partial charge in [0.25, 0.3) is 0 Å². The van der Waals surface area contributed by atoms with Gasteiger partial charge in [0.05, 0.1) is 22.1 Å². The quantitative estimate of drug-likeness (QED) is 0.124. The third kappa shape index (κ3) is 7.16. The molecule has 4 heterocycles. The van der Waals surface area contributed by atoms with Crippen LogP contribution >= 0.6 is 0 Å². The minimum Gasteiger partial charge on any atom is -0.513 e. The van der Waals surface area contributed by atoms with Crippen molar-refractivity contribution in [2.24, 2.45) is 5.92 Å². The molecule has 0 amide bonds. The van der Waals surface area contributed by atoms with Crippen molar-refractivity contribution in [3.63, 3.8) is 0 Å². The van der Waals surface area contributed by atoms with Crippen molar-refractivity contribution in [3.05, 3.63) is 108 Å². The van der Waals surface area contributed by atoms with Crippen LogP contribution in [-0.4, -0.2) is 32.8 Å². The van der Waals surface area contributed by atoms with E-state index in [1.807, 2.05) is 48.5 Å². The van der Waals surface area contributed by atoms with Gasteiger partial charge in [0.1, 0.15) is 5.58 Å². The van der Waals surface area contributed by atoms with Crippen molar-refractivity contribution in [1.29, 1.82) is 0 Å². The van der Waals surface area contributed by atoms with Gasteiger partial charge >= 0.3 is 126 Å². The summed E-state index contributed by atoms with van der Waals surface area (Å²) in [4.78, 5) is 14.1. The van der Waals surface area contributed by atoms with Crippen LogP contribution in [0.3, 0.4) is 0 Å². The van der Waals surface area contributed by atoms with Crippen molar-refractivity contribution < 1.29 is 24.5 Å². The van der Waals surface area contributed by atoms with Crippen molar-refractivity contribution in [2.75, 3.05) is 0 Å². The summed E-state index contributed by atoms with van der Waals surface area (Å²) in [5, 5.41) is 1.06. The summed E-state index contributed by atoms with van der Waals surface area (Å²) in [5.74, 6) is 8.86. The molecule has 0 aliphatic heterocycles. The molecule has 7 aromatic rings. The first-order chi connectivity index (χ1) is 22.0. The molecule has 243 valence electrons. The molecule has 3 aromatic carbocycles. The standard InChI is InChI=1S/C22H18N3O.C18H24GeN.Ir/c1-13(2)25-17-9-5-4-8-16(17)24-22(25)15-11-12-23-20-19-14(3)7-6-10-18(19)26-21(15)20;1-14(2)11-16-12-18(15-9-7-6-8-10-15)20-13-17(16)19(3,4)5;/h4-10,12-13H,1-3H3;6-9,12-14H,11H2,1-5H3;/q2*-1;. The second-order valence-electron chi connectivity index (χ2n) is 13.7. The summed E-state index contributed by atoms with van der Waals surface area (Å²) in [6.45, 7) is 11.0. The molecule has 0 spiro atoms. The molecule has 0 N–H and O–H groups in total. The zero-order chi connectivity index (χ0) is 32.6. The molecule has 1 radical (unpaired) electrons. The van der Waals surface area contributed by atoms with Crippen LogP contribution in [0.2, 0.25) is 17.3 Å². The monoisotopic (exact) mass is 861 g/mol. The van der Waals surface area contributed by atoms with Crippen molar-refractivity contribution in [2.45, 2.75) is 64.4 Å². The Morgan fingerprint density at radius 2 is 1.66 bits per heavy atom. The zero-order valence-electron chi connectivity index (χ0n) is 28.5. The summed E-state index contributed by atoms with van der Waals surface area (Å²) in [6.07, 6.45) is 5.00. The van der Waals surface area contributed by atoms with Gasteiger partial charge in [-0.05, 0) is 50.7 Å².